The summed E-state index contributed by atoms with van der Waals surface area (Å²) in [6, 6.07) is 2.49. The maximum Gasteiger partial charge on any atom is 0.320 e. The number of fused-ring (bicyclic) bond motifs is 3. The lowest BCUT2D eigenvalue weighted by Crippen LogP contribution is -2.28. The summed E-state index contributed by atoms with van der Waals surface area (Å²) in [5, 5.41) is 26.4. The first-order chi connectivity index (χ1) is 16.5. The number of carbonyl (C=O) groups excluding carboxylic acids is 2. The van der Waals surface area contributed by atoms with Crippen molar-refractivity contribution in [2.45, 2.75) is 13.0 Å². The fraction of sp³-hybridized carbons (Fsp3) is 0.316. The smallest absolute Gasteiger partial charge is 0.320 e. The summed E-state index contributed by atoms with van der Waals surface area (Å²) >= 11 is 0. The molecule has 3 aromatic rings. The quantitative estimate of drug-likeness (QED) is 0.465. The molecule has 0 fully saturated rings. The number of aryl methyl sites for hydroxylation is 1. The number of pyridine rings is 1. The van der Waals surface area contributed by atoms with Crippen LogP contribution in [-0.4, -0.2) is 63.2 Å². The molecule has 4 N–H and O–H groups in total. The maximum atomic E-state index is 12.7. The van der Waals surface area contributed by atoms with Crippen molar-refractivity contribution < 1.29 is 13.7 Å². The summed E-state index contributed by atoms with van der Waals surface area (Å²) in [5.41, 5.74) is 2.75. The molecule has 3 amide bonds. The second-order valence-corrected chi connectivity index (χ2v) is 7.04. The van der Waals surface area contributed by atoms with E-state index in [0.29, 0.717) is 17.2 Å². The van der Waals surface area contributed by atoms with Gasteiger partial charge in [-0.2, -0.15) is 15.0 Å². The number of hydrogen-bond donors (Lipinski definition) is 4. The third kappa shape index (κ3) is 3.53. The van der Waals surface area contributed by atoms with Crippen LogP contribution in [0.5, 0.6) is 0 Å². The molecule has 13 nitrogen and oxygen atoms in total. The molecule has 0 aliphatic carbocycles. The lowest BCUT2D eigenvalue weighted by Gasteiger charge is -2.33. The van der Waals surface area contributed by atoms with Crippen LogP contribution in [0.2, 0.25) is 0 Å². The van der Waals surface area contributed by atoms with Crippen LogP contribution in [0.3, 0.4) is 0 Å². The molecule has 1 unspecified atom stereocenters. The Balaban J connectivity index is 1.80. The zero-order valence-corrected chi connectivity index (χ0v) is 17.8. The van der Waals surface area contributed by atoms with E-state index in [9.17, 15) is 9.59 Å². The van der Waals surface area contributed by atoms with Gasteiger partial charge in [0, 0.05) is 50.1 Å². The predicted molar refractivity (Wildman–Crippen MR) is 118 cm³/mol. The van der Waals surface area contributed by atoms with E-state index in [-0.39, 0.29) is 23.2 Å². The molecular formula is C19H23N11O2. The second-order valence-electron chi connectivity index (χ2n) is 7.04. The summed E-state index contributed by atoms with van der Waals surface area (Å²) in [7, 11) is 5.04. The van der Waals surface area contributed by atoms with E-state index in [1.165, 1.54) is 17.9 Å². The summed E-state index contributed by atoms with van der Waals surface area (Å²) < 4.78 is 22.0. The number of anilines is 4. The van der Waals surface area contributed by atoms with Gasteiger partial charge in [0.15, 0.2) is 17.3 Å². The third-order valence-electron chi connectivity index (χ3n) is 5.09. The molecule has 1 aliphatic rings. The summed E-state index contributed by atoms with van der Waals surface area (Å²) in [4.78, 5) is 32.3. The number of nitrogens with one attached hydrogen (secondary N) is 4. The van der Waals surface area contributed by atoms with Gasteiger partial charge < -0.3 is 20.9 Å². The molecule has 3 aromatic heterocycles. The molecule has 166 valence electrons. The van der Waals surface area contributed by atoms with Gasteiger partial charge in [0.2, 0.25) is 0 Å². The van der Waals surface area contributed by atoms with Gasteiger partial charge in [0.05, 0.1) is 17.4 Å². The van der Waals surface area contributed by atoms with Crippen molar-refractivity contribution in [3.8, 4) is 11.3 Å². The molecule has 32 heavy (non-hydrogen) atoms. The van der Waals surface area contributed by atoms with E-state index in [4.69, 9.17) is 4.11 Å². The fourth-order valence-corrected chi connectivity index (χ4v) is 3.45. The Morgan fingerprint density at radius 1 is 1.19 bits per heavy atom. The molecular weight excluding hydrogens is 414 g/mol. The first-order valence-electron chi connectivity index (χ1n) is 11.1. The highest BCUT2D eigenvalue weighted by atomic mass is 16.2. The van der Waals surface area contributed by atoms with Crippen LogP contribution in [-0.2, 0) is 7.05 Å². The normalized spacial score (nSPS) is 16.1. The molecule has 0 saturated carbocycles. The first-order valence-corrected chi connectivity index (χ1v) is 9.58. The molecule has 13 heteroatoms. The van der Waals surface area contributed by atoms with Crippen LogP contribution in [0.15, 0.2) is 18.3 Å². The minimum atomic E-state index is -2.74. The minimum absolute atomic E-state index is 0.0278. The van der Waals surface area contributed by atoms with E-state index >= 15 is 0 Å². The number of urea groups is 1. The molecule has 4 rings (SSSR count). The highest BCUT2D eigenvalue weighted by molar-refractivity contribution is 6.00. The number of carbonyl (C=O) groups is 2. The van der Waals surface area contributed by atoms with Gasteiger partial charge in [-0.15, -0.1) is 10.2 Å². The largest absolute Gasteiger partial charge is 0.363 e. The Labute approximate surface area is 187 Å². The number of amides is 3. The van der Waals surface area contributed by atoms with Crippen molar-refractivity contribution in [3.05, 3.63) is 29.7 Å². The molecule has 0 saturated heterocycles. The SMILES string of the molecule is [2H]C([2H])([2H])NC(=O)c1nnc(NC(=O)NC)cc1Nc1nccc2c1N(C)C(C)c1nn(C)nc1-2. The topological polar surface area (TPSA) is 155 Å². The van der Waals surface area contributed by atoms with E-state index in [1.54, 1.807) is 13.2 Å². The van der Waals surface area contributed by atoms with Gasteiger partial charge in [0.1, 0.15) is 11.4 Å². The predicted octanol–water partition coefficient (Wildman–Crippen LogP) is 1.03. The van der Waals surface area contributed by atoms with Gasteiger partial charge in [-0.1, -0.05) is 0 Å². The van der Waals surface area contributed by atoms with Crippen LogP contribution in [0.1, 0.15) is 33.3 Å². The maximum absolute atomic E-state index is 12.7. The van der Waals surface area contributed by atoms with Crippen molar-refractivity contribution in [1.82, 2.24) is 40.8 Å². The summed E-state index contributed by atoms with van der Waals surface area (Å²) in [5.74, 6) is -0.593. The Morgan fingerprint density at radius 3 is 2.75 bits per heavy atom. The minimum Gasteiger partial charge on any atom is -0.363 e. The van der Waals surface area contributed by atoms with Crippen LogP contribution in [0, 0.1) is 0 Å². The van der Waals surface area contributed by atoms with Crippen LogP contribution >= 0.6 is 0 Å². The zero-order chi connectivity index (χ0) is 25.5. The molecule has 0 radical (unpaired) electrons. The Kier molecular flexibility index (Phi) is 4.40. The average Bonchev–Trinajstić information content (AvgIpc) is 3.18. The number of hydrogen-bond acceptors (Lipinski definition) is 9. The van der Waals surface area contributed by atoms with Gasteiger partial charge in [0.25, 0.3) is 5.91 Å². The summed E-state index contributed by atoms with van der Waals surface area (Å²) in [6.07, 6.45) is 1.57. The van der Waals surface area contributed by atoms with Crippen molar-refractivity contribution >= 4 is 34.9 Å². The van der Waals surface area contributed by atoms with E-state index in [2.05, 4.69) is 41.3 Å². The van der Waals surface area contributed by atoms with Gasteiger partial charge in [-0.25, -0.2) is 9.78 Å². The van der Waals surface area contributed by atoms with Crippen molar-refractivity contribution in [2.75, 3.05) is 36.6 Å². The Morgan fingerprint density at radius 2 is 2.00 bits per heavy atom. The third-order valence-corrected chi connectivity index (χ3v) is 5.09. The highest BCUT2D eigenvalue weighted by Crippen LogP contribution is 2.45. The van der Waals surface area contributed by atoms with Gasteiger partial charge >= 0.3 is 6.03 Å². The van der Waals surface area contributed by atoms with Gasteiger partial charge in [-0.3, -0.25) is 10.1 Å². The molecule has 0 bridgehead atoms. The fourth-order valence-electron chi connectivity index (χ4n) is 3.45. The number of rotatable bonds is 4. The molecule has 1 atom stereocenters. The zero-order valence-electron chi connectivity index (χ0n) is 20.8. The van der Waals surface area contributed by atoms with E-state index in [0.717, 1.165) is 11.3 Å². The van der Waals surface area contributed by atoms with Crippen molar-refractivity contribution in [2.24, 2.45) is 7.05 Å². The van der Waals surface area contributed by atoms with Crippen LogP contribution in [0.25, 0.3) is 11.3 Å². The molecule has 1 aliphatic heterocycles. The summed E-state index contributed by atoms with van der Waals surface area (Å²) in [6.45, 7) is -0.765. The van der Waals surface area contributed by atoms with Crippen LogP contribution in [0.4, 0.5) is 27.8 Å². The van der Waals surface area contributed by atoms with Crippen molar-refractivity contribution in [1.29, 1.82) is 0 Å². The lowest BCUT2D eigenvalue weighted by atomic mass is 9.99. The Bertz CT molecular complexity index is 1310. The van der Waals surface area contributed by atoms with Gasteiger partial charge in [-0.05, 0) is 13.0 Å². The number of aromatic nitrogens is 6. The standard InChI is InChI=1S/C19H23N11O2/c1-9-13-14(28-30(5)27-13)10-6-7-22-17(16(10)29(9)4)23-11-8-12(24-19(32)21-3)25-26-15(11)18(31)20-2/h6-9H,1-5H3,(H,20,31)(H3,21,22,23,24,25,32)/i2D3. The number of nitrogens with zero attached hydrogens (tertiary/aromatic N) is 7. The molecule has 0 spiro atoms. The lowest BCUT2D eigenvalue weighted by molar-refractivity contribution is 0.0958. The molecule has 4 heterocycles. The molecule has 0 aromatic carbocycles. The second kappa shape index (κ2) is 8.09. The monoisotopic (exact) mass is 440 g/mol. The van der Waals surface area contributed by atoms with Crippen molar-refractivity contribution in [3.63, 3.8) is 0 Å². The van der Waals surface area contributed by atoms with E-state index in [1.807, 2.05) is 30.3 Å². The first kappa shape index (κ1) is 17.4. The van der Waals surface area contributed by atoms with E-state index < -0.39 is 18.9 Å². The highest BCUT2D eigenvalue weighted by Gasteiger charge is 2.32. The van der Waals surface area contributed by atoms with Crippen LogP contribution < -0.4 is 26.2 Å². The average molecular weight is 440 g/mol. The Hall–Kier alpha value is -4.29.